The third-order valence-corrected chi connectivity index (χ3v) is 3.93. The van der Waals surface area contributed by atoms with Crippen LogP contribution in [0.1, 0.15) is 38.4 Å². The highest BCUT2D eigenvalue weighted by molar-refractivity contribution is 7.85. The summed E-state index contributed by atoms with van der Waals surface area (Å²) in [5.41, 5.74) is 2.36. The maximum Gasteiger partial charge on any atom is 0.407 e. The monoisotopic (exact) mass is 395 g/mol. The summed E-state index contributed by atoms with van der Waals surface area (Å²) in [4.78, 5) is 20.3. The predicted molar refractivity (Wildman–Crippen MR) is 102 cm³/mol. The quantitative estimate of drug-likeness (QED) is 0.567. The Morgan fingerprint density at radius 3 is 2.63 bits per heavy atom. The number of alkyl carbamates (subject to hydrolysis) is 1. The standard InChI is InChI=1S/C18H25N3O5S/c1-18(2,3)26-17(22)19-9-5-6-13-7-8-15-16(10-13)21-14(11-20-15)12-25-27(4,23)24/h7-8,10-11H,5-6,9,12H2,1-4H3,(H,19,22). The van der Waals surface area contributed by atoms with Crippen LogP contribution in [0.15, 0.2) is 24.4 Å². The second-order valence-electron chi connectivity index (χ2n) is 7.18. The Bertz CT molecular complexity index is 907. The summed E-state index contributed by atoms with van der Waals surface area (Å²) in [6.07, 6.45) is 3.55. The van der Waals surface area contributed by atoms with Crippen molar-refractivity contribution >= 4 is 27.2 Å². The largest absolute Gasteiger partial charge is 0.444 e. The molecule has 1 heterocycles. The number of nitrogens with one attached hydrogen (secondary N) is 1. The van der Waals surface area contributed by atoms with Crippen LogP contribution in [-0.4, -0.2) is 42.9 Å². The molecule has 0 radical (unpaired) electrons. The number of hydrogen-bond acceptors (Lipinski definition) is 7. The molecule has 8 nitrogen and oxygen atoms in total. The molecule has 0 aliphatic heterocycles. The molecule has 1 aromatic heterocycles. The summed E-state index contributed by atoms with van der Waals surface area (Å²) in [6.45, 7) is 5.81. The van der Waals surface area contributed by atoms with Gasteiger partial charge in [-0.3, -0.25) is 9.17 Å². The average Bonchev–Trinajstić information content (AvgIpc) is 2.54. The van der Waals surface area contributed by atoms with Crippen LogP contribution in [0.5, 0.6) is 0 Å². The Hall–Kier alpha value is -2.26. The Morgan fingerprint density at radius 2 is 1.96 bits per heavy atom. The molecule has 0 aliphatic rings. The number of hydrogen-bond donors (Lipinski definition) is 1. The average molecular weight is 395 g/mol. The van der Waals surface area contributed by atoms with Gasteiger partial charge in [0.1, 0.15) is 12.2 Å². The minimum atomic E-state index is -3.53. The maximum atomic E-state index is 11.6. The number of aryl methyl sites for hydroxylation is 1. The number of amides is 1. The molecule has 0 saturated carbocycles. The first-order valence-corrected chi connectivity index (χ1v) is 10.4. The van der Waals surface area contributed by atoms with E-state index in [2.05, 4.69) is 15.3 Å². The van der Waals surface area contributed by atoms with Gasteiger partial charge in [0.2, 0.25) is 0 Å². The van der Waals surface area contributed by atoms with Crippen LogP contribution in [-0.2, 0) is 32.1 Å². The molecule has 1 N–H and O–H groups in total. The van der Waals surface area contributed by atoms with Crippen molar-refractivity contribution in [1.82, 2.24) is 15.3 Å². The van der Waals surface area contributed by atoms with E-state index < -0.39 is 21.8 Å². The Morgan fingerprint density at radius 1 is 1.22 bits per heavy atom. The van der Waals surface area contributed by atoms with Gasteiger partial charge in [-0.15, -0.1) is 0 Å². The van der Waals surface area contributed by atoms with Crippen molar-refractivity contribution in [2.24, 2.45) is 0 Å². The summed E-state index contributed by atoms with van der Waals surface area (Å²) < 4.78 is 32.1. The van der Waals surface area contributed by atoms with Crippen LogP contribution in [0.4, 0.5) is 4.79 Å². The van der Waals surface area contributed by atoms with E-state index in [1.54, 1.807) is 0 Å². The van der Waals surface area contributed by atoms with E-state index in [1.165, 1.54) is 6.20 Å². The van der Waals surface area contributed by atoms with Gasteiger partial charge in [0.05, 0.1) is 29.2 Å². The summed E-state index contributed by atoms with van der Waals surface area (Å²) in [7, 11) is -3.53. The molecule has 2 aromatic rings. The van der Waals surface area contributed by atoms with E-state index in [1.807, 2.05) is 39.0 Å². The van der Waals surface area contributed by atoms with Crippen molar-refractivity contribution < 1.29 is 22.1 Å². The van der Waals surface area contributed by atoms with Crippen LogP contribution in [0.25, 0.3) is 11.0 Å². The number of rotatable bonds is 7. The molecule has 1 aromatic carbocycles. The van der Waals surface area contributed by atoms with Crippen LogP contribution in [0, 0.1) is 0 Å². The first kappa shape index (κ1) is 21.0. The van der Waals surface area contributed by atoms with Crippen molar-refractivity contribution in [3.05, 3.63) is 35.7 Å². The number of benzene rings is 1. The molecule has 1 amide bonds. The van der Waals surface area contributed by atoms with Crippen LogP contribution in [0.3, 0.4) is 0 Å². The molecule has 0 unspecified atom stereocenters. The first-order valence-electron chi connectivity index (χ1n) is 8.58. The predicted octanol–water partition coefficient (Wildman–Crippen LogP) is 2.56. The van der Waals surface area contributed by atoms with E-state index in [0.717, 1.165) is 24.7 Å². The molecule has 148 valence electrons. The fraction of sp³-hybridized carbons (Fsp3) is 0.500. The zero-order valence-corrected chi connectivity index (χ0v) is 16.8. The molecular weight excluding hydrogens is 370 g/mol. The first-order chi connectivity index (χ1) is 12.5. The van der Waals surface area contributed by atoms with Crippen molar-refractivity contribution in [3.8, 4) is 0 Å². The van der Waals surface area contributed by atoms with Gasteiger partial charge in [0.15, 0.2) is 0 Å². The molecule has 0 aliphatic carbocycles. The fourth-order valence-corrected chi connectivity index (χ4v) is 2.62. The Labute approximate surface area is 159 Å². The summed E-state index contributed by atoms with van der Waals surface area (Å²) in [6, 6.07) is 5.72. The van der Waals surface area contributed by atoms with Crippen LogP contribution >= 0.6 is 0 Å². The molecule has 27 heavy (non-hydrogen) atoms. The molecule has 9 heteroatoms. The second kappa shape index (κ2) is 8.62. The number of carbonyl (C=O) groups is 1. The van der Waals surface area contributed by atoms with Crippen LogP contribution < -0.4 is 5.32 Å². The van der Waals surface area contributed by atoms with Gasteiger partial charge < -0.3 is 10.1 Å². The van der Waals surface area contributed by atoms with Crippen molar-refractivity contribution in [2.45, 2.75) is 45.8 Å². The minimum absolute atomic E-state index is 0.147. The van der Waals surface area contributed by atoms with Gasteiger partial charge >= 0.3 is 6.09 Å². The number of aromatic nitrogens is 2. The van der Waals surface area contributed by atoms with E-state index in [9.17, 15) is 13.2 Å². The SMILES string of the molecule is CC(C)(C)OC(=O)NCCCc1ccc2ncc(COS(C)(=O)=O)nc2c1. The van der Waals surface area contributed by atoms with Gasteiger partial charge in [0, 0.05) is 6.54 Å². The number of fused-ring (bicyclic) bond motifs is 1. The molecular formula is C18H25N3O5S. The summed E-state index contributed by atoms with van der Waals surface area (Å²) >= 11 is 0. The summed E-state index contributed by atoms with van der Waals surface area (Å²) in [5.74, 6) is 0. The smallest absolute Gasteiger partial charge is 0.407 e. The van der Waals surface area contributed by atoms with Crippen molar-refractivity contribution in [1.29, 1.82) is 0 Å². The third-order valence-electron chi connectivity index (χ3n) is 3.39. The van der Waals surface area contributed by atoms with E-state index in [0.29, 0.717) is 23.3 Å². The molecule has 2 rings (SSSR count). The molecule has 0 saturated heterocycles. The topological polar surface area (TPSA) is 107 Å². The van der Waals surface area contributed by atoms with Gasteiger partial charge in [-0.1, -0.05) is 6.07 Å². The minimum Gasteiger partial charge on any atom is -0.444 e. The lowest BCUT2D eigenvalue weighted by Crippen LogP contribution is -2.33. The lowest BCUT2D eigenvalue weighted by molar-refractivity contribution is 0.0527. The van der Waals surface area contributed by atoms with Gasteiger partial charge in [0.25, 0.3) is 10.1 Å². The van der Waals surface area contributed by atoms with E-state index in [-0.39, 0.29) is 6.61 Å². The van der Waals surface area contributed by atoms with E-state index >= 15 is 0 Å². The number of ether oxygens (including phenoxy) is 1. The van der Waals surface area contributed by atoms with Gasteiger partial charge in [-0.05, 0) is 51.3 Å². The maximum absolute atomic E-state index is 11.6. The Kier molecular flexibility index (Phi) is 6.72. The van der Waals surface area contributed by atoms with Gasteiger partial charge in [-0.2, -0.15) is 8.42 Å². The number of carbonyl (C=O) groups excluding carboxylic acids is 1. The molecule has 0 fully saturated rings. The highest BCUT2D eigenvalue weighted by Crippen LogP contribution is 2.14. The lowest BCUT2D eigenvalue weighted by atomic mass is 10.1. The molecule has 0 spiro atoms. The third kappa shape index (κ3) is 7.88. The number of nitrogens with zero attached hydrogens (tertiary/aromatic N) is 2. The molecule has 0 atom stereocenters. The fourth-order valence-electron chi connectivity index (χ4n) is 2.28. The highest BCUT2D eigenvalue weighted by atomic mass is 32.2. The molecule has 0 bridgehead atoms. The highest BCUT2D eigenvalue weighted by Gasteiger charge is 2.15. The van der Waals surface area contributed by atoms with Crippen LogP contribution in [0.2, 0.25) is 0 Å². The normalized spacial score (nSPS) is 12.1. The lowest BCUT2D eigenvalue weighted by Gasteiger charge is -2.19. The zero-order valence-electron chi connectivity index (χ0n) is 16.0. The van der Waals surface area contributed by atoms with Crippen molar-refractivity contribution in [2.75, 3.05) is 12.8 Å². The van der Waals surface area contributed by atoms with Crippen molar-refractivity contribution in [3.63, 3.8) is 0 Å². The van der Waals surface area contributed by atoms with E-state index in [4.69, 9.17) is 8.92 Å². The zero-order chi connectivity index (χ0) is 20.1. The summed E-state index contributed by atoms with van der Waals surface area (Å²) in [5, 5.41) is 2.72. The Balaban J connectivity index is 1.92. The van der Waals surface area contributed by atoms with Gasteiger partial charge in [-0.25, -0.2) is 9.78 Å². The second-order valence-corrected chi connectivity index (χ2v) is 8.83.